The number of anilines is 1. The van der Waals surface area contributed by atoms with Crippen molar-refractivity contribution in [3.63, 3.8) is 0 Å². The van der Waals surface area contributed by atoms with E-state index in [1.54, 1.807) is 50.7 Å². The fraction of sp³-hybridized carbons (Fsp3) is 0.143. The SMILES string of the molecule is COc1ccc(OC)c(N2C(=S)NC(c3ccccn3)C2c2ccc(-c3cc(C(=O)O)cc(C(=O)O)c3)o2)c1. The number of hydrogen-bond acceptors (Lipinski definition) is 7. The lowest BCUT2D eigenvalue weighted by Gasteiger charge is -2.27. The number of nitrogens with one attached hydrogen (secondary N) is 1. The van der Waals surface area contributed by atoms with Crippen LogP contribution in [-0.2, 0) is 0 Å². The van der Waals surface area contributed by atoms with Crippen LogP contribution in [0.1, 0.15) is 44.3 Å². The Kier molecular flexibility index (Phi) is 6.90. The van der Waals surface area contributed by atoms with Gasteiger partial charge in [-0.3, -0.25) is 4.98 Å². The summed E-state index contributed by atoms with van der Waals surface area (Å²) in [5.74, 6) is -0.564. The Labute approximate surface area is 228 Å². The second-order valence-corrected chi connectivity index (χ2v) is 9.03. The van der Waals surface area contributed by atoms with Gasteiger partial charge in [-0.15, -0.1) is 0 Å². The summed E-state index contributed by atoms with van der Waals surface area (Å²) in [6, 6.07) is 17.2. The zero-order valence-electron chi connectivity index (χ0n) is 20.8. The monoisotopic (exact) mass is 545 g/mol. The normalized spacial score (nSPS) is 16.6. The summed E-state index contributed by atoms with van der Waals surface area (Å²) >= 11 is 5.77. The summed E-state index contributed by atoms with van der Waals surface area (Å²) in [5.41, 5.74) is 1.33. The third-order valence-corrected chi connectivity index (χ3v) is 6.69. The van der Waals surface area contributed by atoms with Gasteiger partial charge in [0, 0.05) is 17.8 Å². The van der Waals surface area contributed by atoms with E-state index in [2.05, 4.69) is 10.3 Å². The lowest BCUT2D eigenvalue weighted by atomic mass is 10.0. The van der Waals surface area contributed by atoms with Crippen LogP contribution in [0.5, 0.6) is 11.5 Å². The number of carbonyl (C=O) groups is 2. The molecule has 2 atom stereocenters. The Morgan fingerprint density at radius 2 is 1.72 bits per heavy atom. The number of nitrogens with zero attached hydrogens (tertiary/aromatic N) is 2. The second-order valence-electron chi connectivity index (χ2n) is 8.65. The number of pyridine rings is 1. The molecule has 1 fully saturated rings. The first-order valence-corrected chi connectivity index (χ1v) is 12.2. The Balaban J connectivity index is 1.65. The number of furan rings is 1. The van der Waals surface area contributed by atoms with E-state index in [0.29, 0.717) is 45.1 Å². The van der Waals surface area contributed by atoms with Crippen molar-refractivity contribution in [1.82, 2.24) is 10.3 Å². The minimum Gasteiger partial charge on any atom is -0.497 e. The van der Waals surface area contributed by atoms with E-state index in [1.165, 1.54) is 12.1 Å². The van der Waals surface area contributed by atoms with Gasteiger partial charge in [-0.25, -0.2) is 9.59 Å². The zero-order valence-corrected chi connectivity index (χ0v) is 21.6. The second kappa shape index (κ2) is 10.5. The molecular weight excluding hydrogens is 522 g/mol. The lowest BCUT2D eigenvalue weighted by molar-refractivity contribution is 0.0696. The molecule has 2 aromatic carbocycles. The molecule has 0 amide bonds. The first kappa shape index (κ1) is 25.7. The van der Waals surface area contributed by atoms with Crippen LogP contribution in [0.4, 0.5) is 5.69 Å². The van der Waals surface area contributed by atoms with E-state index in [1.807, 2.05) is 23.1 Å². The van der Waals surface area contributed by atoms with Crippen molar-refractivity contribution in [2.75, 3.05) is 19.1 Å². The molecule has 1 aliphatic heterocycles. The first-order chi connectivity index (χ1) is 18.8. The fourth-order valence-corrected chi connectivity index (χ4v) is 4.91. The average Bonchev–Trinajstić information content (AvgIpc) is 3.57. The minimum absolute atomic E-state index is 0.166. The number of ether oxygens (including phenoxy) is 2. The Morgan fingerprint density at radius 1 is 0.974 bits per heavy atom. The van der Waals surface area contributed by atoms with Gasteiger partial charge in [0.15, 0.2) is 5.11 Å². The molecule has 1 aliphatic rings. The number of aromatic nitrogens is 1. The number of benzene rings is 2. The van der Waals surface area contributed by atoms with E-state index in [-0.39, 0.29) is 11.1 Å². The molecule has 2 aromatic heterocycles. The molecular formula is C28H23N3O7S. The number of thiocarbonyl (C=S) groups is 1. The van der Waals surface area contributed by atoms with Gasteiger partial charge in [0.25, 0.3) is 0 Å². The van der Waals surface area contributed by atoms with Gasteiger partial charge < -0.3 is 34.3 Å². The molecule has 4 aromatic rings. The zero-order chi connectivity index (χ0) is 27.7. The summed E-state index contributed by atoms with van der Waals surface area (Å²) in [7, 11) is 3.12. The highest BCUT2D eigenvalue weighted by Gasteiger charge is 2.43. The number of hydrogen-bond donors (Lipinski definition) is 3. The van der Waals surface area contributed by atoms with Gasteiger partial charge in [0.05, 0.1) is 42.8 Å². The Bertz CT molecular complexity index is 1540. The van der Waals surface area contributed by atoms with Crippen LogP contribution in [0.2, 0.25) is 0 Å². The van der Waals surface area contributed by atoms with Gasteiger partial charge in [0.1, 0.15) is 29.1 Å². The van der Waals surface area contributed by atoms with Crippen LogP contribution in [0.25, 0.3) is 11.3 Å². The molecule has 3 heterocycles. The van der Waals surface area contributed by atoms with Crippen LogP contribution in [0, 0.1) is 0 Å². The van der Waals surface area contributed by atoms with E-state index < -0.39 is 24.0 Å². The van der Waals surface area contributed by atoms with Crippen molar-refractivity contribution in [1.29, 1.82) is 0 Å². The Morgan fingerprint density at radius 3 is 2.33 bits per heavy atom. The maximum atomic E-state index is 11.6. The van der Waals surface area contributed by atoms with E-state index >= 15 is 0 Å². The summed E-state index contributed by atoms with van der Waals surface area (Å²) in [4.78, 5) is 29.7. The molecule has 11 heteroatoms. The molecule has 10 nitrogen and oxygen atoms in total. The largest absolute Gasteiger partial charge is 0.497 e. The van der Waals surface area contributed by atoms with Crippen LogP contribution in [0.3, 0.4) is 0 Å². The predicted octanol–water partition coefficient (Wildman–Crippen LogP) is 4.93. The van der Waals surface area contributed by atoms with Crippen LogP contribution >= 0.6 is 12.2 Å². The Hall–Kier alpha value is -4.90. The van der Waals surface area contributed by atoms with Crippen molar-refractivity contribution in [3.8, 4) is 22.8 Å². The molecule has 0 aliphatic carbocycles. The van der Waals surface area contributed by atoms with Crippen molar-refractivity contribution < 1.29 is 33.7 Å². The highest BCUT2D eigenvalue weighted by molar-refractivity contribution is 7.80. The van der Waals surface area contributed by atoms with Crippen LogP contribution in [-0.4, -0.2) is 46.5 Å². The standard InChI is InChI=1S/C28H23N3O7S/c1-36-18-6-7-22(37-2)20(14-18)31-25(24(30-28(31)39)19-5-3-4-10-29-19)23-9-8-21(38-23)15-11-16(26(32)33)13-17(12-15)27(34)35/h3-14,24-25H,1-2H3,(H,30,39)(H,32,33)(H,34,35). The van der Waals surface area contributed by atoms with Gasteiger partial charge in [-0.05, 0) is 66.8 Å². The highest BCUT2D eigenvalue weighted by Crippen LogP contribution is 2.46. The number of aromatic carboxylic acids is 2. The maximum Gasteiger partial charge on any atom is 0.335 e. The van der Waals surface area contributed by atoms with Gasteiger partial charge in [-0.2, -0.15) is 0 Å². The van der Waals surface area contributed by atoms with Crippen LogP contribution in [0.15, 0.2) is 77.3 Å². The third kappa shape index (κ3) is 4.87. The van der Waals surface area contributed by atoms with Gasteiger partial charge in [-0.1, -0.05) is 6.07 Å². The molecule has 39 heavy (non-hydrogen) atoms. The van der Waals surface area contributed by atoms with Crippen molar-refractivity contribution in [2.45, 2.75) is 12.1 Å². The van der Waals surface area contributed by atoms with E-state index in [9.17, 15) is 19.8 Å². The molecule has 5 rings (SSSR count). The molecule has 2 unspecified atom stereocenters. The molecule has 0 radical (unpaired) electrons. The molecule has 0 bridgehead atoms. The van der Waals surface area contributed by atoms with E-state index in [4.69, 9.17) is 26.1 Å². The van der Waals surface area contributed by atoms with Crippen molar-refractivity contribution in [2.24, 2.45) is 0 Å². The predicted molar refractivity (Wildman–Crippen MR) is 146 cm³/mol. The quantitative estimate of drug-likeness (QED) is 0.260. The summed E-state index contributed by atoms with van der Waals surface area (Å²) in [5, 5.41) is 22.7. The number of carboxylic acids is 2. The third-order valence-electron chi connectivity index (χ3n) is 6.37. The summed E-state index contributed by atoms with van der Waals surface area (Å²) < 4.78 is 17.4. The van der Waals surface area contributed by atoms with Crippen molar-refractivity contribution in [3.05, 3.63) is 95.5 Å². The molecule has 198 valence electrons. The minimum atomic E-state index is -1.25. The lowest BCUT2D eigenvalue weighted by Crippen LogP contribution is -2.29. The maximum absolute atomic E-state index is 11.6. The fourth-order valence-electron chi connectivity index (χ4n) is 4.57. The van der Waals surface area contributed by atoms with E-state index in [0.717, 1.165) is 6.07 Å². The van der Waals surface area contributed by atoms with Crippen LogP contribution < -0.4 is 19.7 Å². The summed E-state index contributed by atoms with van der Waals surface area (Å²) in [6.07, 6.45) is 1.68. The molecule has 3 N–H and O–H groups in total. The first-order valence-electron chi connectivity index (χ1n) is 11.7. The highest BCUT2D eigenvalue weighted by atomic mass is 32.1. The van der Waals surface area contributed by atoms with Crippen molar-refractivity contribution >= 4 is 35.0 Å². The number of methoxy groups -OCH3 is 2. The molecule has 0 saturated carbocycles. The smallest absolute Gasteiger partial charge is 0.335 e. The van der Waals surface area contributed by atoms with Gasteiger partial charge >= 0.3 is 11.9 Å². The van der Waals surface area contributed by atoms with Gasteiger partial charge in [0.2, 0.25) is 0 Å². The topological polar surface area (TPSA) is 134 Å². The number of rotatable bonds is 8. The molecule has 0 spiro atoms. The summed E-state index contributed by atoms with van der Waals surface area (Å²) in [6.45, 7) is 0. The number of carboxylic acid groups (broad SMARTS) is 2. The average molecular weight is 546 g/mol. The molecule has 1 saturated heterocycles.